The zero-order valence-corrected chi connectivity index (χ0v) is 39.9. The lowest BCUT2D eigenvalue weighted by Crippen LogP contribution is -2.74. The van der Waals surface area contributed by atoms with Crippen LogP contribution in [0.25, 0.3) is 0 Å². The van der Waals surface area contributed by atoms with Crippen LogP contribution in [0.15, 0.2) is 182 Å². The van der Waals surface area contributed by atoms with Crippen LogP contribution in [-0.4, -0.2) is 85.8 Å². The van der Waals surface area contributed by atoms with Gasteiger partial charge in [-0.2, -0.15) is 0 Å². The number of ether oxygens (including phenoxy) is 9. The summed E-state index contributed by atoms with van der Waals surface area (Å²) >= 11 is 0. The number of unbranched alkanes of at least 4 members (excludes halogenated alkanes) is 1. The Labute approximate surface area is 412 Å². The smallest absolute Gasteiger partial charge is 0.235 e. The second-order valence-corrected chi connectivity index (χ2v) is 18.2. The van der Waals surface area contributed by atoms with Gasteiger partial charge in [0.2, 0.25) is 5.91 Å². The minimum atomic E-state index is -1.08. The van der Waals surface area contributed by atoms with E-state index in [1.54, 1.807) is 0 Å². The number of β-lactam (4-membered cyclic amide) rings is 1. The first kappa shape index (κ1) is 49.4. The van der Waals surface area contributed by atoms with Gasteiger partial charge in [-0.1, -0.05) is 195 Å². The molecule has 0 N–H and O–H groups in total. The van der Waals surface area contributed by atoms with E-state index in [2.05, 4.69) is 6.92 Å². The number of amides is 1. The first-order valence-electron chi connectivity index (χ1n) is 24.7. The summed E-state index contributed by atoms with van der Waals surface area (Å²) in [5, 5.41) is 0. The maximum absolute atomic E-state index is 14.4. The highest BCUT2D eigenvalue weighted by molar-refractivity contribution is 5.86. The van der Waals surface area contributed by atoms with Crippen molar-refractivity contribution in [1.29, 1.82) is 0 Å². The van der Waals surface area contributed by atoms with Crippen LogP contribution < -0.4 is 0 Å². The van der Waals surface area contributed by atoms with Crippen molar-refractivity contribution in [1.82, 2.24) is 4.90 Å². The Balaban J connectivity index is 1.09. The standard InChI is InChI=1S/C59H65NO10/c1-2-3-34-60-57(61)51-54(65-38-46-28-16-7-17-29-46)53(50(68-58(51)60)42-63-36-44-24-12-5-13-25-44)70-59-56(67-40-48-32-20-9-21-33-48)55(66-39-47-30-18-8-19-31-47)52(64-37-45-26-14-6-15-27-45)49(69-59)41-62-35-43-22-10-4-11-23-43/h4-33,49-56,58-59H,2-3,34-42H2,1H3/t49-,50-,51+,52+,53-,54-,55+,56-,58+,59+/m1/s1. The normalized spacial score (nSPS) is 25.3. The van der Waals surface area contributed by atoms with Crippen LogP contribution in [0.2, 0.25) is 0 Å². The molecule has 11 heteroatoms. The van der Waals surface area contributed by atoms with E-state index in [4.69, 9.17) is 42.6 Å². The Morgan fingerprint density at radius 3 is 1.23 bits per heavy atom. The first-order chi connectivity index (χ1) is 34.6. The molecule has 0 radical (unpaired) electrons. The minimum absolute atomic E-state index is 0.0270. The lowest BCUT2D eigenvalue weighted by atomic mass is 9.81. The number of likely N-dealkylation sites (tertiary alicyclic amines) is 1. The third kappa shape index (κ3) is 13.0. The molecule has 9 rings (SSSR count). The Morgan fingerprint density at radius 1 is 0.429 bits per heavy atom. The fourth-order valence-corrected chi connectivity index (χ4v) is 9.39. The summed E-state index contributed by atoms with van der Waals surface area (Å²) in [6.45, 7) is 4.77. The summed E-state index contributed by atoms with van der Waals surface area (Å²) < 4.78 is 62.6. The van der Waals surface area contributed by atoms with Crippen LogP contribution in [0.3, 0.4) is 0 Å². The van der Waals surface area contributed by atoms with Gasteiger partial charge in [0, 0.05) is 6.54 Å². The van der Waals surface area contributed by atoms with Crippen LogP contribution >= 0.6 is 0 Å². The molecule has 3 saturated heterocycles. The Morgan fingerprint density at radius 2 is 0.800 bits per heavy atom. The summed E-state index contributed by atoms with van der Waals surface area (Å²) in [7, 11) is 0. The average Bonchev–Trinajstić information content (AvgIpc) is 3.41. The molecule has 3 heterocycles. The van der Waals surface area contributed by atoms with Crippen LogP contribution in [0.1, 0.15) is 53.1 Å². The van der Waals surface area contributed by atoms with E-state index in [9.17, 15) is 4.79 Å². The topological polar surface area (TPSA) is 103 Å². The predicted molar refractivity (Wildman–Crippen MR) is 265 cm³/mol. The van der Waals surface area contributed by atoms with Gasteiger partial charge in [0.15, 0.2) is 6.29 Å². The largest absolute Gasteiger partial charge is 0.374 e. The predicted octanol–water partition coefficient (Wildman–Crippen LogP) is 9.86. The summed E-state index contributed by atoms with van der Waals surface area (Å²) in [5.74, 6) is -0.652. The van der Waals surface area contributed by atoms with Gasteiger partial charge in [-0.3, -0.25) is 4.79 Å². The molecular formula is C59H65NO10. The number of nitrogens with zero attached hydrogens (tertiary/aromatic N) is 1. The van der Waals surface area contributed by atoms with E-state index in [1.807, 2.05) is 187 Å². The number of rotatable bonds is 25. The van der Waals surface area contributed by atoms with Crippen molar-refractivity contribution < 1.29 is 47.4 Å². The summed E-state index contributed by atoms with van der Waals surface area (Å²) in [4.78, 5) is 16.2. The monoisotopic (exact) mass is 947 g/mol. The van der Waals surface area contributed by atoms with Crippen molar-refractivity contribution in [2.45, 2.75) is 115 Å². The number of hydrogen-bond donors (Lipinski definition) is 0. The van der Waals surface area contributed by atoms with E-state index >= 15 is 0 Å². The van der Waals surface area contributed by atoms with Crippen LogP contribution in [0.5, 0.6) is 0 Å². The fraction of sp³-hybridized carbons (Fsp3) is 0.373. The molecule has 6 aromatic carbocycles. The van der Waals surface area contributed by atoms with E-state index in [0.717, 1.165) is 46.2 Å². The average molecular weight is 948 g/mol. The summed E-state index contributed by atoms with van der Waals surface area (Å²) in [5.41, 5.74) is 5.97. The van der Waals surface area contributed by atoms with Gasteiger partial charge in [0.05, 0.1) is 52.9 Å². The highest BCUT2D eigenvalue weighted by Gasteiger charge is 2.62. The molecule has 10 atom stereocenters. The number of carbonyl (C=O) groups is 1. The molecule has 0 aliphatic carbocycles. The fourth-order valence-electron chi connectivity index (χ4n) is 9.39. The number of fused-ring (bicyclic) bond motifs is 1. The SMILES string of the molecule is CCCCN1C(=O)[C@@H]2[C@@H](OCc3ccccc3)[C@H](O[C@@H]3O[C@H](COCc4ccccc4)[C@H](OCc4ccccc4)[C@H](OCc4ccccc4)[C@H]3OCc3ccccc3)[C@@H](COCc3ccccc3)O[C@@H]21. The molecule has 0 bridgehead atoms. The molecule has 0 saturated carbocycles. The molecule has 6 aromatic rings. The van der Waals surface area contributed by atoms with Crippen molar-refractivity contribution >= 4 is 5.91 Å². The molecule has 70 heavy (non-hydrogen) atoms. The Kier molecular flexibility index (Phi) is 18.0. The summed E-state index contributed by atoms with van der Waals surface area (Å²) in [6, 6.07) is 60.2. The van der Waals surface area contributed by atoms with Gasteiger partial charge in [0.25, 0.3) is 0 Å². The number of benzene rings is 6. The van der Waals surface area contributed by atoms with Gasteiger partial charge in [-0.15, -0.1) is 0 Å². The second-order valence-electron chi connectivity index (χ2n) is 18.2. The van der Waals surface area contributed by atoms with Crippen molar-refractivity contribution in [3.05, 3.63) is 215 Å². The van der Waals surface area contributed by atoms with Crippen LogP contribution in [-0.2, 0) is 87.1 Å². The van der Waals surface area contributed by atoms with Crippen molar-refractivity contribution in [2.24, 2.45) is 5.92 Å². The molecule has 3 aliphatic rings. The molecule has 366 valence electrons. The molecular weight excluding hydrogens is 883 g/mol. The Hall–Kier alpha value is -5.57. The maximum Gasteiger partial charge on any atom is 0.235 e. The Bertz CT molecular complexity index is 2420. The summed E-state index contributed by atoms with van der Waals surface area (Å²) in [6.07, 6.45) is -5.04. The molecule has 11 nitrogen and oxygen atoms in total. The molecule has 0 spiro atoms. The van der Waals surface area contributed by atoms with Crippen molar-refractivity contribution in [3.63, 3.8) is 0 Å². The first-order valence-corrected chi connectivity index (χ1v) is 24.7. The van der Waals surface area contributed by atoms with Gasteiger partial charge in [-0.25, -0.2) is 0 Å². The van der Waals surface area contributed by atoms with Gasteiger partial charge >= 0.3 is 0 Å². The van der Waals surface area contributed by atoms with Crippen molar-refractivity contribution in [3.8, 4) is 0 Å². The number of hydrogen-bond acceptors (Lipinski definition) is 10. The molecule has 0 unspecified atom stereocenters. The van der Waals surface area contributed by atoms with Gasteiger partial charge < -0.3 is 47.5 Å². The van der Waals surface area contributed by atoms with Crippen LogP contribution in [0, 0.1) is 5.92 Å². The van der Waals surface area contributed by atoms with Crippen molar-refractivity contribution in [2.75, 3.05) is 19.8 Å². The van der Waals surface area contributed by atoms with E-state index in [-0.39, 0.29) is 38.9 Å². The molecule has 3 fully saturated rings. The third-order valence-corrected chi connectivity index (χ3v) is 13.1. The van der Waals surface area contributed by atoms with Gasteiger partial charge in [0.1, 0.15) is 54.9 Å². The van der Waals surface area contributed by atoms with E-state index < -0.39 is 61.2 Å². The zero-order chi connectivity index (χ0) is 47.7. The van der Waals surface area contributed by atoms with Crippen LogP contribution in [0.4, 0.5) is 0 Å². The zero-order valence-electron chi connectivity index (χ0n) is 39.9. The second kappa shape index (κ2) is 25.5. The lowest BCUT2D eigenvalue weighted by molar-refractivity contribution is -0.367. The molecule has 1 amide bonds. The van der Waals surface area contributed by atoms with Gasteiger partial charge in [-0.05, 0) is 39.8 Å². The minimum Gasteiger partial charge on any atom is -0.374 e. The maximum atomic E-state index is 14.4. The third-order valence-electron chi connectivity index (χ3n) is 13.1. The van der Waals surface area contributed by atoms with E-state index in [1.165, 1.54) is 0 Å². The molecule has 3 aliphatic heterocycles. The highest BCUT2D eigenvalue weighted by atomic mass is 16.7. The highest BCUT2D eigenvalue weighted by Crippen LogP contribution is 2.43. The quantitative estimate of drug-likeness (QED) is 0.0516. The van der Waals surface area contributed by atoms with E-state index in [0.29, 0.717) is 26.4 Å². The number of carbonyl (C=O) groups excluding carboxylic acids is 1. The molecule has 0 aromatic heterocycles. The lowest BCUT2D eigenvalue weighted by Gasteiger charge is -2.57.